The summed E-state index contributed by atoms with van der Waals surface area (Å²) in [7, 11) is 0. The van der Waals surface area contributed by atoms with Crippen molar-refractivity contribution in [3.8, 4) is 11.4 Å². The number of aryl methyl sites for hydroxylation is 1. The molecule has 1 aromatic heterocycles. The summed E-state index contributed by atoms with van der Waals surface area (Å²) >= 11 is 0. The number of aromatic nitrogens is 2. The third kappa shape index (κ3) is 4.91. The molecule has 27 heavy (non-hydrogen) atoms. The van der Waals surface area contributed by atoms with Gasteiger partial charge in [-0.2, -0.15) is 0 Å². The average Bonchev–Trinajstić information content (AvgIpc) is 2.67. The predicted octanol–water partition coefficient (Wildman–Crippen LogP) is 4.20. The molecule has 1 heterocycles. The highest BCUT2D eigenvalue weighted by Gasteiger charge is 2.14. The summed E-state index contributed by atoms with van der Waals surface area (Å²) in [5.41, 5.74) is 3.62. The van der Waals surface area contributed by atoms with Gasteiger partial charge in [0.15, 0.2) is 5.82 Å². The second-order valence-corrected chi connectivity index (χ2v) is 6.74. The van der Waals surface area contributed by atoms with Crippen LogP contribution in [0, 0.1) is 6.92 Å². The van der Waals surface area contributed by atoms with Gasteiger partial charge in [0.25, 0.3) is 5.91 Å². The smallest absolute Gasteiger partial charge is 0.270 e. The number of amides is 1. The molecule has 0 unspecified atom stereocenters. The summed E-state index contributed by atoms with van der Waals surface area (Å²) in [5, 5.41) is 6.22. The van der Waals surface area contributed by atoms with E-state index in [1.807, 2.05) is 56.3 Å². The Morgan fingerprint density at radius 2 is 1.70 bits per heavy atom. The fourth-order valence-electron chi connectivity index (χ4n) is 2.70. The van der Waals surface area contributed by atoms with Gasteiger partial charge >= 0.3 is 0 Å². The summed E-state index contributed by atoms with van der Waals surface area (Å²) in [6, 6.07) is 19.6. The molecule has 2 aromatic carbocycles. The first-order valence-electron chi connectivity index (χ1n) is 9.06. The highest BCUT2D eigenvalue weighted by molar-refractivity contribution is 5.93. The molecule has 0 bridgehead atoms. The maximum Gasteiger partial charge on any atom is 0.270 e. The highest BCUT2D eigenvalue weighted by Crippen LogP contribution is 2.19. The van der Waals surface area contributed by atoms with Crippen molar-refractivity contribution in [2.45, 2.75) is 33.4 Å². The van der Waals surface area contributed by atoms with E-state index in [0.717, 1.165) is 5.56 Å². The lowest BCUT2D eigenvalue weighted by Crippen LogP contribution is -2.31. The minimum absolute atomic E-state index is 0.0380. The molecule has 0 atom stereocenters. The number of rotatable bonds is 6. The molecule has 0 saturated carbocycles. The first kappa shape index (κ1) is 18.6. The van der Waals surface area contributed by atoms with Gasteiger partial charge in [-0.25, -0.2) is 9.97 Å². The van der Waals surface area contributed by atoms with Crippen molar-refractivity contribution in [2.75, 3.05) is 5.32 Å². The van der Waals surface area contributed by atoms with Crippen molar-refractivity contribution in [3.63, 3.8) is 0 Å². The minimum atomic E-state index is -0.205. The van der Waals surface area contributed by atoms with Gasteiger partial charge < -0.3 is 10.6 Å². The Morgan fingerprint density at radius 3 is 2.41 bits per heavy atom. The quantitative estimate of drug-likeness (QED) is 0.691. The van der Waals surface area contributed by atoms with Crippen LogP contribution >= 0.6 is 0 Å². The van der Waals surface area contributed by atoms with Crippen LogP contribution in [-0.2, 0) is 6.54 Å². The number of hydrogen-bond acceptors (Lipinski definition) is 4. The van der Waals surface area contributed by atoms with Gasteiger partial charge in [-0.3, -0.25) is 4.79 Å². The number of carbonyl (C=O) groups is 1. The molecule has 1 amide bonds. The summed E-state index contributed by atoms with van der Waals surface area (Å²) < 4.78 is 0. The lowest BCUT2D eigenvalue weighted by molar-refractivity contribution is 0.0938. The van der Waals surface area contributed by atoms with Crippen LogP contribution in [0.1, 0.15) is 35.5 Å². The Hall–Kier alpha value is -3.21. The standard InChI is InChI=1S/C22H24N4O/c1-15(2)24-22(27)19-13-20(23-14-18-12-8-7-9-16(18)3)26-21(25-19)17-10-5-4-6-11-17/h4-13,15H,14H2,1-3H3,(H,24,27)(H,23,25,26). The molecule has 3 rings (SSSR count). The number of anilines is 1. The van der Waals surface area contributed by atoms with E-state index in [-0.39, 0.29) is 11.9 Å². The number of nitrogens with zero attached hydrogens (tertiary/aromatic N) is 2. The highest BCUT2D eigenvalue weighted by atomic mass is 16.1. The largest absolute Gasteiger partial charge is 0.366 e. The van der Waals surface area contributed by atoms with Crippen LogP contribution in [0.5, 0.6) is 0 Å². The summed E-state index contributed by atoms with van der Waals surface area (Å²) in [5.74, 6) is 0.948. The summed E-state index contributed by atoms with van der Waals surface area (Å²) in [6.07, 6.45) is 0. The van der Waals surface area contributed by atoms with Crippen LogP contribution in [0.2, 0.25) is 0 Å². The van der Waals surface area contributed by atoms with Crippen LogP contribution < -0.4 is 10.6 Å². The summed E-state index contributed by atoms with van der Waals surface area (Å²) in [6.45, 7) is 6.56. The Kier molecular flexibility index (Phi) is 5.81. The Balaban J connectivity index is 1.92. The zero-order valence-electron chi connectivity index (χ0n) is 15.9. The van der Waals surface area contributed by atoms with E-state index >= 15 is 0 Å². The normalized spacial score (nSPS) is 10.7. The van der Waals surface area contributed by atoms with Crippen LogP contribution in [0.25, 0.3) is 11.4 Å². The monoisotopic (exact) mass is 360 g/mol. The van der Waals surface area contributed by atoms with Crippen molar-refractivity contribution < 1.29 is 4.79 Å². The van der Waals surface area contributed by atoms with Gasteiger partial charge in [-0.1, -0.05) is 54.6 Å². The van der Waals surface area contributed by atoms with Gasteiger partial charge in [-0.05, 0) is 31.9 Å². The molecule has 0 fully saturated rings. The van der Waals surface area contributed by atoms with E-state index in [1.165, 1.54) is 11.1 Å². The van der Waals surface area contributed by atoms with Gasteiger partial charge in [0, 0.05) is 24.2 Å². The number of benzene rings is 2. The SMILES string of the molecule is Cc1ccccc1CNc1cc(C(=O)NC(C)C)nc(-c2ccccc2)n1. The van der Waals surface area contributed by atoms with E-state index < -0.39 is 0 Å². The maximum absolute atomic E-state index is 12.5. The lowest BCUT2D eigenvalue weighted by Gasteiger charge is -2.13. The van der Waals surface area contributed by atoms with Crippen molar-refractivity contribution in [2.24, 2.45) is 0 Å². The average molecular weight is 360 g/mol. The molecule has 5 heteroatoms. The van der Waals surface area contributed by atoms with E-state index in [2.05, 4.69) is 39.7 Å². The van der Waals surface area contributed by atoms with Gasteiger partial charge in [0.05, 0.1) is 0 Å². The molecule has 0 aliphatic heterocycles. The van der Waals surface area contributed by atoms with Crippen LogP contribution in [0.4, 0.5) is 5.82 Å². The topological polar surface area (TPSA) is 66.9 Å². The predicted molar refractivity (Wildman–Crippen MR) is 109 cm³/mol. The lowest BCUT2D eigenvalue weighted by atomic mass is 10.1. The Labute approximate surface area is 159 Å². The van der Waals surface area contributed by atoms with Crippen LogP contribution in [0.15, 0.2) is 60.7 Å². The fourth-order valence-corrected chi connectivity index (χ4v) is 2.70. The first-order valence-corrected chi connectivity index (χ1v) is 9.06. The fraction of sp³-hybridized carbons (Fsp3) is 0.227. The minimum Gasteiger partial charge on any atom is -0.366 e. The molecule has 0 spiro atoms. The van der Waals surface area contributed by atoms with Gasteiger partial charge in [-0.15, -0.1) is 0 Å². The number of hydrogen-bond donors (Lipinski definition) is 2. The second kappa shape index (κ2) is 8.45. The Bertz CT molecular complexity index is 923. The van der Waals surface area contributed by atoms with Crippen molar-refractivity contribution >= 4 is 11.7 Å². The molecular formula is C22H24N4O. The Morgan fingerprint density at radius 1 is 1.00 bits per heavy atom. The van der Waals surface area contributed by atoms with E-state index in [0.29, 0.717) is 23.9 Å². The van der Waals surface area contributed by atoms with Crippen molar-refractivity contribution in [3.05, 3.63) is 77.5 Å². The van der Waals surface area contributed by atoms with Crippen molar-refractivity contribution in [1.29, 1.82) is 0 Å². The zero-order valence-corrected chi connectivity index (χ0v) is 15.9. The second-order valence-electron chi connectivity index (χ2n) is 6.74. The van der Waals surface area contributed by atoms with Crippen LogP contribution in [0.3, 0.4) is 0 Å². The molecular weight excluding hydrogens is 336 g/mol. The molecule has 3 aromatic rings. The molecule has 138 valence electrons. The molecule has 0 saturated heterocycles. The molecule has 0 aliphatic carbocycles. The maximum atomic E-state index is 12.5. The molecule has 0 aliphatic rings. The van der Waals surface area contributed by atoms with E-state index in [9.17, 15) is 4.79 Å². The third-order valence-corrected chi connectivity index (χ3v) is 4.13. The third-order valence-electron chi connectivity index (χ3n) is 4.13. The van der Waals surface area contributed by atoms with Crippen LogP contribution in [-0.4, -0.2) is 21.9 Å². The van der Waals surface area contributed by atoms with Gasteiger partial charge in [0.1, 0.15) is 11.5 Å². The first-order chi connectivity index (χ1) is 13.0. The summed E-state index contributed by atoms with van der Waals surface area (Å²) in [4.78, 5) is 21.6. The van der Waals surface area contributed by atoms with Crippen molar-refractivity contribution in [1.82, 2.24) is 15.3 Å². The molecule has 0 radical (unpaired) electrons. The molecule has 2 N–H and O–H groups in total. The van der Waals surface area contributed by atoms with E-state index in [4.69, 9.17) is 0 Å². The van der Waals surface area contributed by atoms with Gasteiger partial charge in [0.2, 0.25) is 0 Å². The zero-order chi connectivity index (χ0) is 19.2. The molecule has 5 nitrogen and oxygen atoms in total. The number of carbonyl (C=O) groups excluding carboxylic acids is 1. The van der Waals surface area contributed by atoms with E-state index in [1.54, 1.807) is 6.07 Å². The number of nitrogens with one attached hydrogen (secondary N) is 2.